The molecule has 7 unspecified atom stereocenters. The minimum absolute atomic E-state index is 0.172. The number of hydrogen-bond acceptors (Lipinski definition) is 8. The summed E-state index contributed by atoms with van der Waals surface area (Å²) >= 11 is 0. The predicted molar refractivity (Wildman–Crippen MR) is 309 cm³/mol. The Labute approximate surface area is 448 Å². The lowest BCUT2D eigenvalue weighted by Crippen LogP contribution is -2.60. The predicted octanol–water partition coefficient (Wildman–Crippen LogP) is 15.6. The van der Waals surface area contributed by atoms with E-state index in [9.17, 15) is 30.3 Å². The highest BCUT2D eigenvalue weighted by Crippen LogP contribution is 2.23. The quantitative estimate of drug-likeness (QED) is 0.0261. The smallest absolute Gasteiger partial charge is 0.220 e. The molecule has 0 aromatic heterocycles. The Morgan fingerprint density at radius 2 is 0.822 bits per heavy atom. The summed E-state index contributed by atoms with van der Waals surface area (Å²) in [6.07, 6.45) is 66.8. The van der Waals surface area contributed by atoms with E-state index in [2.05, 4.69) is 79.9 Å². The Morgan fingerprint density at radius 3 is 1.18 bits per heavy atom. The van der Waals surface area contributed by atoms with Gasteiger partial charge in [0.2, 0.25) is 5.91 Å². The molecule has 0 aromatic carbocycles. The highest BCUT2D eigenvalue weighted by atomic mass is 16.7. The molecule has 6 N–H and O–H groups in total. The molecule has 1 aliphatic rings. The normalized spacial score (nSPS) is 19.6. The fraction of sp³-hybridized carbons (Fsp3) is 0.797. The van der Waals surface area contributed by atoms with Gasteiger partial charge < -0.3 is 40.3 Å². The van der Waals surface area contributed by atoms with Gasteiger partial charge in [-0.3, -0.25) is 4.79 Å². The molecule has 0 spiro atoms. The van der Waals surface area contributed by atoms with Crippen molar-refractivity contribution in [2.45, 2.75) is 314 Å². The molecule has 0 bridgehead atoms. The molecule has 0 aromatic rings. The van der Waals surface area contributed by atoms with E-state index in [0.29, 0.717) is 12.8 Å². The van der Waals surface area contributed by atoms with Gasteiger partial charge in [0.15, 0.2) is 6.29 Å². The van der Waals surface area contributed by atoms with E-state index in [0.717, 1.165) is 57.8 Å². The second kappa shape index (κ2) is 53.0. The van der Waals surface area contributed by atoms with Crippen LogP contribution in [0.5, 0.6) is 0 Å². The Hall–Kier alpha value is -2.37. The molecule has 73 heavy (non-hydrogen) atoms. The van der Waals surface area contributed by atoms with Crippen LogP contribution in [-0.2, 0) is 14.3 Å². The van der Waals surface area contributed by atoms with Gasteiger partial charge >= 0.3 is 0 Å². The van der Waals surface area contributed by atoms with Crippen LogP contribution in [0.2, 0.25) is 0 Å². The number of aliphatic hydroxyl groups is 5. The Kier molecular flexibility index (Phi) is 49.9. The average Bonchev–Trinajstić information content (AvgIpc) is 3.39. The summed E-state index contributed by atoms with van der Waals surface area (Å²) in [6.45, 7) is 3.70. The summed E-state index contributed by atoms with van der Waals surface area (Å²) in [6, 6.07) is -0.765. The lowest BCUT2D eigenvalue weighted by atomic mass is 9.99. The summed E-state index contributed by atoms with van der Waals surface area (Å²) in [5.41, 5.74) is 0. The van der Waals surface area contributed by atoms with E-state index >= 15 is 0 Å². The van der Waals surface area contributed by atoms with Gasteiger partial charge in [0.05, 0.1) is 25.4 Å². The van der Waals surface area contributed by atoms with E-state index in [1.165, 1.54) is 180 Å². The van der Waals surface area contributed by atoms with Crippen molar-refractivity contribution in [1.29, 1.82) is 0 Å². The molecule has 424 valence electrons. The third-order valence-electron chi connectivity index (χ3n) is 14.3. The van der Waals surface area contributed by atoms with Crippen LogP contribution in [0.15, 0.2) is 72.9 Å². The maximum atomic E-state index is 13.0. The SMILES string of the molecule is CC/C=C\C/C=C\C/C=C\C/C=C\C/C=C\C/C=C\CCC(=O)NC(COC1OC(CO)C(O)C(O)C1O)C(O)CCCCCCCCCCCCCCCCCCCCCCCCCCCCCCCCC. The van der Waals surface area contributed by atoms with Crippen LogP contribution in [0.3, 0.4) is 0 Å². The first-order chi connectivity index (χ1) is 35.8. The molecule has 7 atom stereocenters. The zero-order valence-corrected chi connectivity index (χ0v) is 47.1. The van der Waals surface area contributed by atoms with E-state index in [-0.39, 0.29) is 18.9 Å². The molecule has 1 amide bonds. The second-order valence-corrected chi connectivity index (χ2v) is 21.1. The van der Waals surface area contributed by atoms with Crippen molar-refractivity contribution in [1.82, 2.24) is 5.32 Å². The number of allylic oxidation sites excluding steroid dienone is 12. The third kappa shape index (κ3) is 42.4. The average molecular weight is 1030 g/mol. The van der Waals surface area contributed by atoms with Crippen LogP contribution >= 0.6 is 0 Å². The largest absolute Gasteiger partial charge is 0.394 e. The van der Waals surface area contributed by atoms with Crippen LogP contribution in [0.25, 0.3) is 0 Å². The minimum Gasteiger partial charge on any atom is -0.394 e. The van der Waals surface area contributed by atoms with Crippen molar-refractivity contribution in [2.75, 3.05) is 13.2 Å². The number of carbonyl (C=O) groups excluding carboxylic acids is 1. The van der Waals surface area contributed by atoms with Gasteiger partial charge in [-0.05, 0) is 51.4 Å². The van der Waals surface area contributed by atoms with E-state index in [1.807, 2.05) is 12.2 Å². The standard InChI is InChI=1S/C64H115NO8/c1-3-5-7-9-11-13-15-17-19-21-23-24-25-26-27-28-29-30-31-32-33-34-36-37-39-41-43-45-47-49-51-53-58(67)57(56-72-64-63(71)62(70)61(69)59(55-66)73-64)65-60(68)54-52-50-48-46-44-42-40-38-35-22-20-18-16-14-12-10-8-6-4-2/h6,8,12,14,18,20,35,38,42,44,48,50,57-59,61-64,66-67,69-71H,3-5,7,9-11,13,15-17,19,21-34,36-37,39-41,43,45-47,49,51-56H2,1-2H3,(H,65,68)/b8-6-,14-12-,20-18-,38-35-,44-42-,50-48-. The summed E-state index contributed by atoms with van der Waals surface area (Å²) in [5, 5.41) is 54.7. The number of rotatable bonds is 52. The van der Waals surface area contributed by atoms with Crippen molar-refractivity contribution in [3.63, 3.8) is 0 Å². The topological polar surface area (TPSA) is 149 Å². The summed E-state index contributed by atoms with van der Waals surface area (Å²) in [7, 11) is 0. The summed E-state index contributed by atoms with van der Waals surface area (Å²) in [5.74, 6) is -0.225. The van der Waals surface area contributed by atoms with Crippen molar-refractivity contribution >= 4 is 5.91 Å². The number of unbranched alkanes of at least 4 members (excludes halogenated alkanes) is 30. The van der Waals surface area contributed by atoms with Gasteiger partial charge in [-0.15, -0.1) is 0 Å². The number of ether oxygens (including phenoxy) is 2. The fourth-order valence-corrected chi connectivity index (χ4v) is 9.54. The molecule has 0 saturated carbocycles. The zero-order valence-electron chi connectivity index (χ0n) is 47.1. The number of hydrogen-bond donors (Lipinski definition) is 6. The van der Waals surface area contributed by atoms with Gasteiger partial charge in [-0.25, -0.2) is 0 Å². The van der Waals surface area contributed by atoms with E-state index < -0.39 is 49.5 Å². The van der Waals surface area contributed by atoms with E-state index in [4.69, 9.17) is 9.47 Å². The van der Waals surface area contributed by atoms with E-state index in [1.54, 1.807) is 0 Å². The maximum Gasteiger partial charge on any atom is 0.220 e. The van der Waals surface area contributed by atoms with Crippen LogP contribution in [0.4, 0.5) is 0 Å². The van der Waals surface area contributed by atoms with Crippen molar-refractivity contribution in [3.05, 3.63) is 72.9 Å². The van der Waals surface area contributed by atoms with Crippen LogP contribution in [0, 0.1) is 0 Å². The minimum atomic E-state index is -1.57. The van der Waals surface area contributed by atoms with Crippen LogP contribution in [-0.4, -0.2) is 87.5 Å². The highest BCUT2D eigenvalue weighted by Gasteiger charge is 2.44. The van der Waals surface area contributed by atoms with Gasteiger partial charge in [0.25, 0.3) is 0 Å². The van der Waals surface area contributed by atoms with Crippen molar-refractivity contribution in [3.8, 4) is 0 Å². The lowest BCUT2D eigenvalue weighted by molar-refractivity contribution is -0.302. The van der Waals surface area contributed by atoms with Gasteiger partial charge in [0, 0.05) is 6.42 Å². The van der Waals surface area contributed by atoms with Gasteiger partial charge in [0.1, 0.15) is 24.4 Å². The first-order valence-corrected chi connectivity index (χ1v) is 30.6. The molecule has 0 aliphatic carbocycles. The lowest BCUT2D eigenvalue weighted by Gasteiger charge is -2.40. The number of aliphatic hydroxyl groups excluding tert-OH is 5. The summed E-state index contributed by atoms with van der Waals surface area (Å²) in [4.78, 5) is 13.0. The Bertz CT molecular complexity index is 1380. The maximum absolute atomic E-state index is 13.0. The third-order valence-corrected chi connectivity index (χ3v) is 14.3. The molecule has 1 fully saturated rings. The Balaban J connectivity index is 2.18. The van der Waals surface area contributed by atoms with Gasteiger partial charge in [-0.2, -0.15) is 0 Å². The second-order valence-electron chi connectivity index (χ2n) is 21.1. The molecule has 9 heteroatoms. The van der Waals surface area contributed by atoms with Gasteiger partial charge in [-0.1, -0.05) is 286 Å². The van der Waals surface area contributed by atoms with Crippen molar-refractivity contribution in [2.24, 2.45) is 0 Å². The first kappa shape index (κ1) is 68.6. The number of carbonyl (C=O) groups is 1. The first-order valence-electron chi connectivity index (χ1n) is 30.6. The molecule has 1 aliphatic heterocycles. The summed E-state index contributed by atoms with van der Waals surface area (Å²) < 4.78 is 11.3. The zero-order chi connectivity index (χ0) is 52.9. The highest BCUT2D eigenvalue weighted by molar-refractivity contribution is 5.76. The van der Waals surface area contributed by atoms with Crippen molar-refractivity contribution < 1.29 is 39.8 Å². The molecule has 1 heterocycles. The molecular formula is C64H115NO8. The number of nitrogens with one attached hydrogen (secondary N) is 1. The molecule has 1 rings (SSSR count). The molecule has 0 radical (unpaired) electrons. The molecular weight excluding hydrogens is 911 g/mol. The molecule has 9 nitrogen and oxygen atoms in total. The fourth-order valence-electron chi connectivity index (χ4n) is 9.54. The van der Waals surface area contributed by atoms with Crippen LogP contribution in [0.1, 0.15) is 271 Å². The monoisotopic (exact) mass is 1030 g/mol. The Morgan fingerprint density at radius 1 is 0.479 bits per heavy atom. The molecule has 1 saturated heterocycles. The van der Waals surface area contributed by atoms with Crippen LogP contribution < -0.4 is 5.32 Å². The number of amides is 1.